The smallest absolute Gasteiger partial charge is 0.118 e. The fourth-order valence-corrected chi connectivity index (χ4v) is 2.31. The quantitative estimate of drug-likeness (QED) is 0.905. The minimum Gasteiger partial charge on any atom is -0.497 e. The summed E-state index contributed by atoms with van der Waals surface area (Å²) in [7, 11) is 3.77. The molecule has 0 aromatic heterocycles. The average Bonchev–Trinajstić information content (AvgIpc) is 2.48. The van der Waals surface area contributed by atoms with Crippen molar-refractivity contribution in [2.45, 2.75) is 19.5 Å². The molecule has 0 spiro atoms. The topological polar surface area (TPSA) is 38.5 Å². The molecule has 20 heavy (non-hydrogen) atoms. The molecular formula is C17H22N2O. The van der Waals surface area contributed by atoms with Crippen LogP contribution in [-0.2, 0) is 6.54 Å². The molecule has 0 heterocycles. The van der Waals surface area contributed by atoms with E-state index in [1.165, 1.54) is 16.8 Å². The second-order valence-electron chi connectivity index (χ2n) is 5.05. The van der Waals surface area contributed by atoms with E-state index >= 15 is 0 Å². The summed E-state index contributed by atoms with van der Waals surface area (Å²) in [6.07, 6.45) is 0. The summed E-state index contributed by atoms with van der Waals surface area (Å²) in [4.78, 5) is 2.22. The molecule has 2 rings (SSSR count). The summed E-state index contributed by atoms with van der Waals surface area (Å²) in [5.74, 6) is 0.882. The number of anilines is 1. The molecule has 0 radical (unpaired) electrons. The van der Waals surface area contributed by atoms with Gasteiger partial charge in [0, 0.05) is 25.3 Å². The predicted molar refractivity (Wildman–Crippen MR) is 84.1 cm³/mol. The van der Waals surface area contributed by atoms with Gasteiger partial charge < -0.3 is 15.4 Å². The van der Waals surface area contributed by atoms with Crippen molar-refractivity contribution in [1.82, 2.24) is 0 Å². The lowest BCUT2D eigenvalue weighted by atomic mass is 10.1. The standard InChI is InChI=1S/C17H22N2O/c1-13(18)16-6-4-5-7-17(16)19(2)12-14-8-10-15(20-3)11-9-14/h4-11,13H,12,18H2,1-3H3/t13-/m0/s1. The number of para-hydroxylation sites is 1. The van der Waals surface area contributed by atoms with Crippen LogP contribution in [0.25, 0.3) is 0 Å². The van der Waals surface area contributed by atoms with Crippen molar-refractivity contribution in [3.05, 3.63) is 59.7 Å². The van der Waals surface area contributed by atoms with Crippen molar-refractivity contribution < 1.29 is 4.74 Å². The molecule has 2 N–H and O–H groups in total. The zero-order chi connectivity index (χ0) is 14.5. The van der Waals surface area contributed by atoms with E-state index in [9.17, 15) is 0 Å². The molecule has 0 aliphatic carbocycles. The Hall–Kier alpha value is -2.00. The third kappa shape index (κ3) is 3.31. The second-order valence-corrected chi connectivity index (χ2v) is 5.05. The van der Waals surface area contributed by atoms with Crippen molar-refractivity contribution in [2.24, 2.45) is 5.73 Å². The van der Waals surface area contributed by atoms with Gasteiger partial charge in [0.1, 0.15) is 5.75 Å². The van der Waals surface area contributed by atoms with Crippen LogP contribution in [0, 0.1) is 0 Å². The van der Waals surface area contributed by atoms with Crippen molar-refractivity contribution in [3.63, 3.8) is 0 Å². The Morgan fingerprint density at radius 3 is 2.35 bits per heavy atom. The highest BCUT2D eigenvalue weighted by atomic mass is 16.5. The van der Waals surface area contributed by atoms with E-state index in [1.807, 2.05) is 31.2 Å². The van der Waals surface area contributed by atoms with Gasteiger partial charge in [0.2, 0.25) is 0 Å². The van der Waals surface area contributed by atoms with Gasteiger partial charge >= 0.3 is 0 Å². The van der Waals surface area contributed by atoms with E-state index in [1.54, 1.807) is 7.11 Å². The molecule has 0 fully saturated rings. The Morgan fingerprint density at radius 2 is 1.75 bits per heavy atom. The Balaban J connectivity index is 2.17. The molecule has 0 aliphatic heterocycles. The van der Waals surface area contributed by atoms with E-state index in [2.05, 4.69) is 36.2 Å². The molecule has 0 amide bonds. The summed E-state index contributed by atoms with van der Waals surface area (Å²) >= 11 is 0. The van der Waals surface area contributed by atoms with Gasteiger partial charge in [0.25, 0.3) is 0 Å². The average molecular weight is 270 g/mol. The number of hydrogen-bond donors (Lipinski definition) is 1. The first-order valence-electron chi connectivity index (χ1n) is 6.80. The number of methoxy groups -OCH3 is 1. The first-order chi connectivity index (χ1) is 9.61. The highest BCUT2D eigenvalue weighted by Gasteiger charge is 2.10. The summed E-state index contributed by atoms with van der Waals surface area (Å²) in [6, 6.07) is 16.5. The van der Waals surface area contributed by atoms with E-state index in [4.69, 9.17) is 10.5 Å². The number of nitrogens with two attached hydrogens (primary N) is 1. The van der Waals surface area contributed by atoms with Crippen LogP contribution < -0.4 is 15.4 Å². The van der Waals surface area contributed by atoms with Gasteiger partial charge in [-0.3, -0.25) is 0 Å². The van der Waals surface area contributed by atoms with Gasteiger partial charge in [-0.1, -0.05) is 30.3 Å². The highest BCUT2D eigenvalue weighted by Crippen LogP contribution is 2.25. The van der Waals surface area contributed by atoms with E-state index < -0.39 is 0 Å². The van der Waals surface area contributed by atoms with E-state index in [0.717, 1.165) is 12.3 Å². The molecule has 2 aromatic carbocycles. The van der Waals surface area contributed by atoms with Gasteiger partial charge in [-0.25, -0.2) is 0 Å². The fraction of sp³-hybridized carbons (Fsp3) is 0.294. The van der Waals surface area contributed by atoms with Gasteiger partial charge in [0.15, 0.2) is 0 Å². The molecule has 2 aromatic rings. The molecule has 3 heteroatoms. The lowest BCUT2D eigenvalue weighted by Crippen LogP contribution is -2.20. The molecule has 0 unspecified atom stereocenters. The normalized spacial score (nSPS) is 12.0. The minimum atomic E-state index is 0.0320. The largest absolute Gasteiger partial charge is 0.497 e. The van der Waals surface area contributed by atoms with Crippen molar-refractivity contribution in [3.8, 4) is 5.75 Å². The lowest BCUT2D eigenvalue weighted by molar-refractivity contribution is 0.414. The molecule has 0 saturated carbocycles. The van der Waals surface area contributed by atoms with Crippen molar-refractivity contribution in [1.29, 1.82) is 0 Å². The summed E-state index contributed by atoms with van der Waals surface area (Å²) < 4.78 is 5.18. The molecule has 3 nitrogen and oxygen atoms in total. The SMILES string of the molecule is COc1ccc(CN(C)c2ccccc2[C@H](C)N)cc1. The maximum Gasteiger partial charge on any atom is 0.118 e. The maximum absolute atomic E-state index is 6.04. The number of benzene rings is 2. The monoisotopic (exact) mass is 270 g/mol. The Labute approximate surface area is 121 Å². The molecule has 0 aliphatic rings. The van der Waals surface area contributed by atoms with E-state index in [0.29, 0.717) is 0 Å². The zero-order valence-electron chi connectivity index (χ0n) is 12.3. The van der Waals surface area contributed by atoms with Crippen LogP contribution in [0.5, 0.6) is 5.75 Å². The summed E-state index contributed by atoms with van der Waals surface area (Å²) in [5, 5.41) is 0. The number of hydrogen-bond acceptors (Lipinski definition) is 3. The van der Waals surface area contributed by atoms with Gasteiger partial charge in [-0.05, 0) is 36.2 Å². The van der Waals surface area contributed by atoms with E-state index in [-0.39, 0.29) is 6.04 Å². The highest BCUT2D eigenvalue weighted by molar-refractivity contribution is 5.54. The first-order valence-corrected chi connectivity index (χ1v) is 6.80. The van der Waals surface area contributed by atoms with Crippen LogP contribution in [0.1, 0.15) is 24.1 Å². The first kappa shape index (κ1) is 14.4. The van der Waals surface area contributed by atoms with Gasteiger partial charge in [-0.15, -0.1) is 0 Å². The van der Waals surface area contributed by atoms with Crippen LogP contribution >= 0.6 is 0 Å². The van der Waals surface area contributed by atoms with Gasteiger partial charge in [0.05, 0.1) is 7.11 Å². The number of rotatable bonds is 5. The summed E-state index contributed by atoms with van der Waals surface area (Å²) in [6.45, 7) is 2.85. The van der Waals surface area contributed by atoms with Crippen LogP contribution in [-0.4, -0.2) is 14.2 Å². The van der Waals surface area contributed by atoms with Crippen LogP contribution in [0.2, 0.25) is 0 Å². The van der Waals surface area contributed by atoms with Gasteiger partial charge in [-0.2, -0.15) is 0 Å². The fourth-order valence-electron chi connectivity index (χ4n) is 2.31. The lowest BCUT2D eigenvalue weighted by Gasteiger charge is -2.24. The van der Waals surface area contributed by atoms with Crippen molar-refractivity contribution >= 4 is 5.69 Å². The molecule has 1 atom stereocenters. The molecule has 0 bridgehead atoms. The number of nitrogens with zero attached hydrogens (tertiary/aromatic N) is 1. The second kappa shape index (κ2) is 6.44. The third-order valence-electron chi connectivity index (χ3n) is 3.42. The third-order valence-corrected chi connectivity index (χ3v) is 3.42. The summed E-state index contributed by atoms with van der Waals surface area (Å²) in [5.41, 5.74) is 9.63. The molecule has 0 saturated heterocycles. The molecule has 106 valence electrons. The maximum atomic E-state index is 6.04. The van der Waals surface area contributed by atoms with Crippen molar-refractivity contribution in [2.75, 3.05) is 19.1 Å². The Kier molecular flexibility index (Phi) is 4.64. The van der Waals surface area contributed by atoms with Crippen LogP contribution in [0.4, 0.5) is 5.69 Å². The van der Waals surface area contributed by atoms with Crippen LogP contribution in [0.15, 0.2) is 48.5 Å². The minimum absolute atomic E-state index is 0.0320. The number of ether oxygens (including phenoxy) is 1. The van der Waals surface area contributed by atoms with Crippen LogP contribution in [0.3, 0.4) is 0 Å². The zero-order valence-corrected chi connectivity index (χ0v) is 12.3. The predicted octanol–water partition coefficient (Wildman–Crippen LogP) is 3.35. The Bertz CT molecular complexity index is 549. The Morgan fingerprint density at radius 1 is 1.10 bits per heavy atom. The molecular weight excluding hydrogens is 248 g/mol.